The van der Waals surface area contributed by atoms with E-state index in [2.05, 4.69) is 69.1 Å². The Hall–Kier alpha value is -1.63. The number of pyridine rings is 1. The minimum absolute atomic E-state index is 0.217. The highest BCUT2D eigenvalue weighted by molar-refractivity contribution is 5.35. The number of aromatic nitrogens is 1. The maximum Gasteiger partial charge on any atom is 0.0375 e. The van der Waals surface area contributed by atoms with E-state index in [-0.39, 0.29) is 5.41 Å². The predicted molar refractivity (Wildman–Crippen MR) is 81.6 cm³/mol. The molecule has 0 spiro atoms. The lowest BCUT2D eigenvalue weighted by atomic mass is 9.85. The van der Waals surface area contributed by atoms with Gasteiger partial charge in [0.15, 0.2) is 0 Å². The van der Waals surface area contributed by atoms with Gasteiger partial charge in [-0.15, -0.1) is 0 Å². The lowest BCUT2D eigenvalue weighted by Crippen LogP contribution is -2.11. The van der Waals surface area contributed by atoms with Gasteiger partial charge in [0.05, 0.1) is 0 Å². The highest BCUT2D eigenvalue weighted by Crippen LogP contribution is 2.27. The minimum atomic E-state index is 0.217. The third-order valence-corrected chi connectivity index (χ3v) is 3.70. The largest absolute Gasteiger partial charge is 0.262 e. The smallest absolute Gasteiger partial charge is 0.0375 e. The molecule has 1 aromatic carbocycles. The van der Waals surface area contributed by atoms with Crippen molar-refractivity contribution >= 4 is 0 Å². The van der Waals surface area contributed by atoms with Crippen molar-refractivity contribution in [2.24, 2.45) is 0 Å². The van der Waals surface area contributed by atoms with Gasteiger partial charge in [0.25, 0.3) is 0 Å². The van der Waals surface area contributed by atoms with Gasteiger partial charge in [-0.3, -0.25) is 4.98 Å². The number of aryl methyl sites for hydroxylation is 1. The molecule has 1 aromatic heterocycles. The molecule has 1 unspecified atom stereocenters. The second kappa shape index (κ2) is 5.16. The Morgan fingerprint density at radius 1 is 0.947 bits per heavy atom. The van der Waals surface area contributed by atoms with Crippen molar-refractivity contribution < 1.29 is 0 Å². The summed E-state index contributed by atoms with van der Waals surface area (Å²) >= 11 is 0. The minimum Gasteiger partial charge on any atom is -0.262 e. The third kappa shape index (κ3) is 3.23. The van der Waals surface area contributed by atoms with Crippen molar-refractivity contribution in [1.82, 2.24) is 4.98 Å². The highest BCUT2D eigenvalue weighted by atomic mass is 14.6. The van der Waals surface area contributed by atoms with Crippen LogP contribution in [0.25, 0.3) is 0 Å². The van der Waals surface area contributed by atoms with Gasteiger partial charge in [-0.05, 0) is 41.2 Å². The molecule has 0 bridgehead atoms. The van der Waals surface area contributed by atoms with Crippen LogP contribution in [0.4, 0.5) is 0 Å². The maximum absolute atomic E-state index is 4.26. The first kappa shape index (κ1) is 13.8. The standard InChI is InChI=1S/C18H23N/c1-13-12-16(10-11-19-13)14(2)15-6-8-17(9-7-15)18(3,4)5/h6-12,14H,1-5H3. The third-order valence-electron chi connectivity index (χ3n) is 3.70. The van der Waals surface area contributed by atoms with E-state index in [4.69, 9.17) is 0 Å². The van der Waals surface area contributed by atoms with Gasteiger partial charge in [0.2, 0.25) is 0 Å². The summed E-state index contributed by atoms with van der Waals surface area (Å²) < 4.78 is 0. The molecule has 0 radical (unpaired) electrons. The summed E-state index contributed by atoms with van der Waals surface area (Å²) in [6.45, 7) is 11.0. The number of rotatable bonds is 2. The van der Waals surface area contributed by atoms with E-state index in [1.54, 1.807) is 0 Å². The van der Waals surface area contributed by atoms with Gasteiger partial charge in [0.1, 0.15) is 0 Å². The van der Waals surface area contributed by atoms with Crippen LogP contribution in [-0.2, 0) is 5.41 Å². The first-order valence-corrected chi connectivity index (χ1v) is 6.91. The fraction of sp³-hybridized carbons (Fsp3) is 0.389. The van der Waals surface area contributed by atoms with E-state index in [9.17, 15) is 0 Å². The van der Waals surface area contributed by atoms with E-state index >= 15 is 0 Å². The molecule has 19 heavy (non-hydrogen) atoms. The zero-order valence-corrected chi connectivity index (χ0v) is 12.6. The first-order chi connectivity index (χ1) is 8.88. The average Bonchev–Trinajstić information content (AvgIpc) is 2.37. The van der Waals surface area contributed by atoms with Crippen LogP contribution >= 0.6 is 0 Å². The molecule has 1 atom stereocenters. The van der Waals surface area contributed by atoms with Crippen LogP contribution in [0.5, 0.6) is 0 Å². The molecule has 0 aliphatic rings. The quantitative estimate of drug-likeness (QED) is 0.746. The molecule has 100 valence electrons. The Kier molecular flexibility index (Phi) is 3.75. The van der Waals surface area contributed by atoms with Crippen molar-refractivity contribution in [3.63, 3.8) is 0 Å². The van der Waals surface area contributed by atoms with Crippen LogP contribution in [0.3, 0.4) is 0 Å². The predicted octanol–water partition coefficient (Wildman–Crippen LogP) is 4.84. The van der Waals surface area contributed by atoms with Crippen LogP contribution in [0.1, 0.15) is 56.0 Å². The fourth-order valence-electron chi connectivity index (χ4n) is 2.30. The number of hydrogen-bond donors (Lipinski definition) is 0. The molecule has 0 amide bonds. The lowest BCUT2D eigenvalue weighted by Gasteiger charge is -2.20. The molecule has 2 aromatic rings. The normalized spacial score (nSPS) is 13.3. The zero-order chi connectivity index (χ0) is 14.0. The second-order valence-electron chi connectivity index (χ2n) is 6.32. The summed E-state index contributed by atoms with van der Waals surface area (Å²) in [5.41, 5.74) is 5.37. The summed E-state index contributed by atoms with van der Waals surface area (Å²) in [4.78, 5) is 4.26. The molecule has 0 saturated heterocycles. The summed E-state index contributed by atoms with van der Waals surface area (Å²) in [5.74, 6) is 0.413. The summed E-state index contributed by atoms with van der Waals surface area (Å²) in [6.07, 6.45) is 1.89. The zero-order valence-electron chi connectivity index (χ0n) is 12.6. The monoisotopic (exact) mass is 253 g/mol. The van der Waals surface area contributed by atoms with Gasteiger partial charge in [-0.1, -0.05) is 52.0 Å². The molecule has 0 N–H and O–H groups in total. The van der Waals surface area contributed by atoms with Crippen LogP contribution in [0.2, 0.25) is 0 Å². The Labute approximate surface area is 116 Å². The van der Waals surface area contributed by atoms with Gasteiger partial charge in [-0.2, -0.15) is 0 Å². The molecule has 1 heteroatoms. The molecule has 0 fully saturated rings. The second-order valence-corrected chi connectivity index (χ2v) is 6.32. The number of hydrogen-bond acceptors (Lipinski definition) is 1. The molecule has 0 aliphatic carbocycles. The summed E-state index contributed by atoms with van der Waals surface area (Å²) in [6, 6.07) is 13.3. The van der Waals surface area contributed by atoms with Crippen LogP contribution in [0.15, 0.2) is 42.6 Å². The Morgan fingerprint density at radius 2 is 1.58 bits per heavy atom. The molecule has 1 nitrogen and oxygen atoms in total. The molecule has 0 saturated carbocycles. The molecule has 2 rings (SSSR count). The number of benzene rings is 1. The average molecular weight is 253 g/mol. The van der Waals surface area contributed by atoms with Crippen molar-refractivity contribution in [2.45, 2.75) is 46.0 Å². The van der Waals surface area contributed by atoms with Crippen molar-refractivity contribution in [2.75, 3.05) is 0 Å². The Morgan fingerprint density at radius 3 is 2.11 bits per heavy atom. The Balaban J connectivity index is 2.27. The summed E-state index contributed by atoms with van der Waals surface area (Å²) in [7, 11) is 0. The molecular weight excluding hydrogens is 230 g/mol. The van der Waals surface area contributed by atoms with Crippen molar-refractivity contribution in [1.29, 1.82) is 0 Å². The van der Waals surface area contributed by atoms with Crippen molar-refractivity contribution in [3.8, 4) is 0 Å². The van der Waals surface area contributed by atoms with E-state index in [1.165, 1.54) is 16.7 Å². The van der Waals surface area contributed by atoms with Crippen molar-refractivity contribution in [3.05, 3.63) is 65.0 Å². The topological polar surface area (TPSA) is 12.9 Å². The molecule has 0 aliphatic heterocycles. The Bertz CT molecular complexity index is 547. The van der Waals surface area contributed by atoms with E-state index in [1.807, 2.05) is 13.1 Å². The fourth-order valence-corrected chi connectivity index (χ4v) is 2.30. The van der Waals surface area contributed by atoms with E-state index in [0.29, 0.717) is 5.92 Å². The number of nitrogens with zero attached hydrogens (tertiary/aromatic N) is 1. The summed E-state index contributed by atoms with van der Waals surface area (Å²) in [5, 5.41) is 0. The van der Waals surface area contributed by atoms with Gasteiger partial charge in [-0.25, -0.2) is 0 Å². The van der Waals surface area contributed by atoms with E-state index in [0.717, 1.165) is 5.69 Å². The SMILES string of the molecule is Cc1cc(C(C)c2ccc(C(C)(C)C)cc2)ccn1. The van der Waals surface area contributed by atoms with Crippen LogP contribution in [0, 0.1) is 6.92 Å². The first-order valence-electron chi connectivity index (χ1n) is 6.91. The maximum atomic E-state index is 4.26. The van der Waals surface area contributed by atoms with E-state index < -0.39 is 0 Å². The molecule has 1 heterocycles. The highest BCUT2D eigenvalue weighted by Gasteiger charge is 2.14. The van der Waals surface area contributed by atoms with Gasteiger partial charge >= 0.3 is 0 Å². The van der Waals surface area contributed by atoms with Gasteiger partial charge < -0.3 is 0 Å². The van der Waals surface area contributed by atoms with Gasteiger partial charge in [0, 0.05) is 17.8 Å². The van der Waals surface area contributed by atoms with Crippen LogP contribution < -0.4 is 0 Å². The molecular formula is C18H23N. The lowest BCUT2D eigenvalue weighted by molar-refractivity contribution is 0.590. The van der Waals surface area contributed by atoms with Crippen LogP contribution in [-0.4, -0.2) is 4.98 Å².